The molecule has 1 N–H and O–H groups in total. The van der Waals surface area contributed by atoms with Gasteiger partial charge in [0.25, 0.3) is 0 Å². The molecule has 1 aromatic rings. The number of carbonyl (C=O) groups excluding carboxylic acids is 1. The summed E-state index contributed by atoms with van der Waals surface area (Å²) in [5.41, 5.74) is -0.922. The topological polar surface area (TPSA) is 68.7 Å². The highest BCUT2D eigenvalue weighted by atomic mass is 19.4. The summed E-state index contributed by atoms with van der Waals surface area (Å²) in [6.07, 6.45) is -5.55. The van der Waals surface area contributed by atoms with Gasteiger partial charge in [0.15, 0.2) is 0 Å². The van der Waals surface area contributed by atoms with Crippen LogP contribution in [0.25, 0.3) is 0 Å². The van der Waals surface area contributed by atoms with Crippen LogP contribution in [0.4, 0.5) is 17.6 Å². The van der Waals surface area contributed by atoms with Gasteiger partial charge in [0.1, 0.15) is 18.1 Å². The summed E-state index contributed by atoms with van der Waals surface area (Å²) in [6, 6.07) is 0.693. The minimum Gasteiger partial charge on any atom is -0.506 e. The van der Waals surface area contributed by atoms with Gasteiger partial charge in [0, 0.05) is 11.6 Å². The van der Waals surface area contributed by atoms with E-state index in [4.69, 9.17) is 0 Å². The van der Waals surface area contributed by atoms with E-state index in [-0.39, 0.29) is 5.56 Å². The molecule has 0 saturated carbocycles. The molecule has 0 bridgehead atoms. The zero-order chi connectivity index (χ0) is 14.6. The molecule has 0 aliphatic heterocycles. The summed E-state index contributed by atoms with van der Waals surface area (Å²) >= 11 is 0. The Balaban J connectivity index is 3.14. The van der Waals surface area contributed by atoms with E-state index in [0.29, 0.717) is 6.07 Å². The zero-order valence-electron chi connectivity index (χ0n) is 9.62. The number of esters is 1. The van der Waals surface area contributed by atoms with Crippen LogP contribution in [-0.2, 0) is 22.6 Å². The summed E-state index contributed by atoms with van der Waals surface area (Å²) in [4.78, 5) is 14.2. The molecule has 0 aliphatic rings. The van der Waals surface area contributed by atoms with Crippen molar-refractivity contribution in [2.45, 2.75) is 19.5 Å². The molecule has 0 fully saturated rings. The third kappa shape index (κ3) is 4.27. The number of alkyl halides is 4. The van der Waals surface area contributed by atoms with Crippen LogP contribution in [0.3, 0.4) is 0 Å². The molecule has 0 unspecified atom stereocenters. The van der Waals surface area contributed by atoms with E-state index in [1.807, 2.05) is 0 Å². The molecule has 0 spiro atoms. The van der Waals surface area contributed by atoms with E-state index in [2.05, 4.69) is 14.5 Å². The van der Waals surface area contributed by atoms with E-state index in [9.17, 15) is 27.5 Å². The first-order chi connectivity index (χ1) is 8.76. The number of ether oxygens (including phenoxy) is 2. The van der Waals surface area contributed by atoms with Crippen LogP contribution in [0, 0.1) is 0 Å². The van der Waals surface area contributed by atoms with Crippen molar-refractivity contribution in [3.63, 3.8) is 0 Å². The molecule has 9 heteroatoms. The maximum atomic E-state index is 12.5. The van der Waals surface area contributed by atoms with Gasteiger partial charge in [0.2, 0.25) is 5.88 Å². The average molecular weight is 283 g/mol. The summed E-state index contributed by atoms with van der Waals surface area (Å²) in [5.74, 6) is -2.48. The molecule has 19 heavy (non-hydrogen) atoms. The largest absolute Gasteiger partial charge is 0.574 e. The third-order valence-corrected chi connectivity index (χ3v) is 2.03. The van der Waals surface area contributed by atoms with Crippen LogP contribution < -0.4 is 4.74 Å². The lowest BCUT2D eigenvalue weighted by atomic mass is 10.1. The highest BCUT2D eigenvalue weighted by Gasteiger charge is 2.32. The van der Waals surface area contributed by atoms with Crippen molar-refractivity contribution in [1.29, 1.82) is 0 Å². The lowest BCUT2D eigenvalue weighted by Gasteiger charge is -2.12. The smallest absolute Gasteiger partial charge is 0.506 e. The van der Waals surface area contributed by atoms with Crippen LogP contribution in [-0.4, -0.2) is 29.5 Å². The Morgan fingerprint density at radius 2 is 2.11 bits per heavy atom. The van der Waals surface area contributed by atoms with E-state index in [0.717, 1.165) is 7.11 Å². The van der Waals surface area contributed by atoms with Crippen molar-refractivity contribution in [2.24, 2.45) is 0 Å². The summed E-state index contributed by atoms with van der Waals surface area (Å²) in [6.45, 7) is -1.31. The van der Waals surface area contributed by atoms with Gasteiger partial charge >= 0.3 is 12.3 Å². The van der Waals surface area contributed by atoms with Gasteiger partial charge < -0.3 is 14.6 Å². The van der Waals surface area contributed by atoms with Crippen LogP contribution in [0.5, 0.6) is 11.6 Å². The number of hydrogen-bond donors (Lipinski definition) is 1. The first kappa shape index (κ1) is 15.0. The van der Waals surface area contributed by atoms with Crippen molar-refractivity contribution in [1.82, 2.24) is 4.98 Å². The minimum atomic E-state index is -5.01. The number of nitrogens with zero attached hydrogens (tertiary/aromatic N) is 1. The van der Waals surface area contributed by atoms with E-state index >= 15 is 0 Å². The van der Waals surface area contributed by atoms with Gasteiger partial charge in [-0.05, 0) is 0 Å². The normalized spacial score (nSPS) is 11.2. The van der Waals surface area contributed by atoms with E-state index < -0.39 is 42.8 Å². The van der Waals surface area contributed by atoms with Gasteiger partial charge in [-0.3, -0.25) is 4.79 Å². The molecular weight excluding hydrogens is 274 g/mol. The van der Waals surface area contributed by atoms with E-state index in [1.54, 1.807) is 0 Å². The van der Waals surface area contributed by atoms with Crippen LogP contribution >= 0.6 is 0 Å². The fourth-order valence-corrected chi connectivity index (χ4v) is 1.25. The maximum absolute atomic E-state index is 12.5. The molecule has 1 rings (SSSR count). The van der Waals surface area contributed by atoms with E-state index in [1.165, 1.54) is 0 Å². The first-order valence-electron chi connectivity index (χ1n) is 4.87. The molecule has 1 heterocycles. The summed E-state index contributed by atoms with van der Waals surface area (Å²) < 4.78 is 56.4. The van der Waals surface area contributed by atoms with Gasteiger partial charge in [-0.1, -0.05) is 0 Å². The highest BCUT2D eigenvalue weighted by Crippen LogP contribution is 2.29. The van der Waals surface area contributed by atoms with Crippen molar-refractivity contribution in [2.75, 3.05) is 7.11 Å². The second kappa shape index (κ2) is 5.72. The predicted octanol–water partition coefficient (Wildman–Crippen LogP) is 1.87. The molecule has 0 amide bonds. The van der Waals surface area contributed by atoms with Crippen LogP contribution in [0.2, 0.25) is 0 Å². The van der Waals surface area contributed by atoms with Crippen LogP contribution in [0.1, 0.15) is 11.3 Å². The lowest BCUT2D eigenvalue weighted by molar-refractivity contribution is -0.276. The van der Waals surface area contributed by atoms with Crippen molar-refractivity contribution in [3.8, 4) is 11.6 Å². The van der Waals surface area contributed by atoms with Crippen molar-refractivity contribution >= 4 is 5.97 Å². The Morgan fingerprint density at radius 1 is 1.47 bits per heavy atom. The molecule has 1 aromatic heterocycles. The molecule has 0 aromatic carbocycles. The number of pyridine rings is 1. The quantitative estimate of drug-likeness (QED) is 0.675. The Kier molecular flexibility index (Phi) is 4.52. The number of methoxy groups -OCH3 is 1. The summed E-state index contributed by atoms with van der Waals surface area (Å²) in [5, 5.41) is 9.51. The number of aromatic hydroxyl groups is 1. The summed E-state index contributed by atoms with van der Waals surface area (Å²) in [7, 11) is 1.06. The molecule has 0 radical (unpaired) electrons. The first-order valence-corrected chi connectivity index (χ1v) is 4.87. The van der Waals surface area contributed by atoms with Gasteiger partial charge in [0.05, 0.1) is 13.5 Å². The minimum absolute atomic E-state index is 0.270. The Morgan fingerprint density at radius 3 is 2.58 bits per heavy atom. The van der Waals surface area contributed by atoms with Gasteiger partial charge in [-0.25, -0.2) is 9.37 Å². The fraction of sp³-hybridized carbons (Fsp3) is 0.400. The Bertz CT molecular complexity index is 475. The number of carbonyl (C=O) groups is 1. The molecule has 0 aliphatic carbocycles. The third-order valence-electron chi connectivity index (χ3n) is 2.03. The van der Waals surface area contributed by atoms with Crippen LogP contribution in [0.15, 0.2) is 6.07 Å². The SMILES string of the molecule is COC(=O)Cc1cc(OC(F)(F)F)nc(CF)c1O. The standard InChI is InChI=1S/C10H9F4NO4/c1-18-8(16)3-5-2-7(19-10(12,13)14)15-6(4-11)9(5)17/h2,17H,3-4H2,1H3. The number of aromatic nitrogens is 1. The van der Waals surface area contributed by atoms with Crippen molar-refractivity contribution < 1.29 is 36.9 Å². The number of rotatable bonds is 4. The predicted molar refractivity (Wildman–Crippen MR) is 53.1 cm³/mol. The fourth-order valence-electron chi connectivity index (χ4n) is 1.25. The highest BCUT2D eigenvalue weighted by molar-refractivity contribution is 5.73. The Hall–Kier alpha value is -2.06. The number of hydrogen-bond acceptors (Lipinski definition) is 5. The molecule has 0 saturated heterocycles. The zero-order valence-corrected chi connectivity index (χ0v) is 9.62. The molecular formula is C10H9F4NO4. The number of halogens is 4. The maximum Gasteiger partial charge on any atom is 0.574 e. The Labute approximate surface area is 104 Å². The molecule has 106 valence electrons. The van der Waals surface area contributed by atoms with Gasteiger partial charge in [-0.2, -0.15) is 0 Å². The monoisotopic (exact) mass is 283 g/mol. The molecule has 5 nitrogen and oxygen atoms in total. The average Bonchev–Trinajstić information content (AvgIpc) is 2.30. The van der Waals surface area contributed by atoms with Gasteiger partial charge in [-0.15, -0.1) is 13.2 Å². The molecule has 0 atom stereocenters. The van der Waals surface area contributed by atoms with Crippen molar-refractivity contribution in [3.05, 3.63) is 17.3 Å². The second-order valence-corrected chi connectivity index (χ2v) is 3.35. The lowest BCUT2D eigenvalue weighted by Crippen LogP contribution is -2.18. The second-order valence-electron chi connectivity index (χ2n) is 3.35.